The van der Waals surface area contributed by atoms with E-state index in [2.05, 4.69) is 38.3 Å². The van der Waals surface area contributed by atoms with Crippen molar-refractivity contribution in [2.24, 2.45) is 5.92 Å². The zero-order valence-corrected chi connectivity index (χ0v) is 15.3. The van der Waals surface area contributed by atoms with E-state index in [0.29, 0.717) is 5.69 Å². The first-order valence-corrected chi connectivity index (χ1v) is 9.02. The van der Waals surface area contributed by atoms with E-state index in [4.69, 9.17) is 0 Å². The fourth-order valence-corrected chi connectivity index (χ4v) is 3.21. The number of rotatable bonds is 3. The summed E-state index contributed by atoms with van der Waals surface area (Å²) in [7, 11) is 0. The molecule has 0 unspecified atom stereocenters. The fraction of sp³-hybridized carbons (Fsp3) is 0.600. The Kier molecular flexibility index (Phi) is 6.03. The van der Waals surface area contributed by atoms with Gasteiger partial charge in [0.1, 0.15) is 0 Å². The van der Waals surface area contributed by atoms with E-state index >= 15 is 0 Å². The minimum absolute atomic E-state index is 0.0667. The maximum absolute atomic E-state index is 12.1. The highest BCUT2D eigenvalue weighted by Crippen LogP contribution is 2.26. The van der Waals surface area contributed by atoms with Crippen molar-refractivity contribution < 1.29 is 9.59 Å². The van der Waals surface area contributed by atoms with Crippen LogP contribution in [-0.2, 0) is 15.0 Å². The van der Waals surface area contributed by atoms with E-state index in [-0.39, 0.29) is 11.5 Å². The Bertz CT molecular complexity index is 564. The first-order chi connectivity index (χ1) is 11.3. The van der Waals surface area contributed by atoms with Crippen molar-refractivity contribution in [2.45, 2.75) is 71.3 Å². The van der Waals surface area contributed by atoms with Crippen LogP contribution in [0.25, 0.3) is 0 Å². The van der Waals surface area contributed by atoms with E-state index < -0.39 is 11.8 Å². The van der Waals surface area contributed by atoms with Gasteiger partial charge in [0, 0.05) is 11.7 Å². The Morgan fingerprint density at radius 1 is 1.00 bits per heavy atom. The number of benzene rings is 1. The molecular weight excluding hydrogens is 300 g/mol. The maximum Gasteiger partial charge on any atom is 0.313 e. The molecule has 0 spiro atoms. The molecule has 0 atom stereocenters. The maximum atomic E-state index is 12.1. The molecule has 0 heterocycles. The van der Waals surface area contributed by atoms with Crippen molar-refractivity contribution in [3.63, 3.8) is 0 Å². The van der Waals surface area contributed by atoms with E-state index in [1.807, 2.05) is 24.3 Å². The van der Waals surface area contributed by atoms with Crippen molar-refractivity contribution in [3.8, 4) is 0 Å². The summed E-state index contributed by atoms with van der Waals surface area (Å²) in [6.45, 7) is 8.63. The van der Waals surface area contributed by atoms with E-state index in [9.17, 15) is 9.59 Å². The number of hydrogen-bond acceptors (Lipinski definition) is 2. The predicted octanol–water partition coefficient (Wildman–Crippen LogP) is 4.01. The number of carbonyl (C=O) groups excluding carboxylic acids is 2. The molecule has 4 heteroatoms. The summed E-state index contributed by atoms with van der Waals surface area (Å²) >= 11 is 0. The largest absolute Gasteiger partial charge is 0.345 e. The molecule has 0 bridgehead atoms. The van der Waals surface area contributed by atoms with E-state index in [1.165, 1.54) is 12.0 Å². The minimum atomic E-state index is -0.587. The predicted molar refractivity (Wildman–Crippen MR) is 98.0 cm³/mol. The summed E-state index contributed by atoms with van der Waals surface area (Å²) in [5.41, 5.74) is 1.91. The van der Waals surface area contributed by atoms with Gasteiger partial charge < -0.3 is 10.6 Å². The third-order valence-corrected chi connectivity index (χ3v) is 4.97. The van der Waals surface area contributed by atoms with Gasteiger partial charge in [-0.25, -0.2) is 0 Å². The Morgan fingerprint density at radius 2 is 1.58 bits per heavy atom. The SMILES string of the molecule is CCC1CCC(NC(=O)C(=O)Nc2ccc(C(C)(C)C)cc2)CC1. The van der Waals surface area contributed by atoms with Crippen LogP contribution in [0.2, 0.25) is 0 Å². The Balaban J connectivity index is 1.84. The van der Waals surface area contributed by atoms with E-state index in [0.717, 1.165) is 31.6 Å². The number of anilines is 1. The standard InChI is InChI=1S/C20H30N2O2/c1-5-14-6-10-16(11-7-14)21-18(23)19(24)22-17-12-8-15(9-13-17)20(2,3)4/h8-9,12-14,16H,5-7,10-11H2,1-4H3,(H,21,23)(H,22,24). The van der Waals surface area contributed by atoms with Gasteiger partial charge in [0.25, 0.3) is 0 Å². The average molecular weight is 330 g/mol. The minimum Gasteiger partial charge on any atom is -0.345 e. The first-order valence-electron chi connectivity index (χ1n) is 9.02. The number of hydrogen-bond donors (Lipinski definition) is 2. The summed E-state index contributed by atoms with van der Waals surface area (Å²) in [5.74, 6) is -0.348. The Hall–Kier alpha value is -1.84. The third kappa shape index (κ3) is 5.08. The molecule has 1 fully saturated rings. The lowest BCUT2D eigenvalue weighted by atomic mass is 9.84. The third-order valence-electron chi connectivity index (χ3n) is 4.97. The summed E-state index contributed by atoms with van der Waals surface area (Å²) in [5, 5.41) is 5.55. The van der Waals surface area contributed by atoms with Gasteiger partial charge in [0.15, 0.2) is 0 Å². The van der Waals surface area contributed by atoms with Crippen molar-refractivity contribution in [1.29, 1.82) is 0 Å². The van der Waals surface area contributed by atoms with Crippen LogP contribution in [0, 0.1) is 5.92 Å². The van der Waals surface area contributed by atoms with Crippen LogP contribution in [-0.4, -0.2) is 17.9 Å². The summed E-state index contributed by atoms with van der Waals surface area (Å²) in [6, 6.07) is 7.80. The molecule has 0 aromatic heterocycles. The normalized spacial score (nSPS) is 21.2. The molecule has 4 nitrogen and oxygen atoms in total. The zero-order chi connectivity index (χ0) is 17.7. The molecule has 1 aromatic rings. The highest BCUT2D eigenvalue weighted by molar-refractivity contribution is 6.39. The van der Waals surface area contributed by atoms with Crippen LogP contribution in [0.4, 0.5) is 5.69 Å². The van der Waals surface area contributed by atoms with Gasteiger partial charge >= 0.3 is 11.8 Å². The molecule has 0 radical (unpaired) electrons. The second kappa shape index (κ2) is 7.82. The molecule has 1 aliphatic carbocycles. The Morgan fingerprint density at radius 3 is 2.08 bits per heavy atom. The molecule has 0 aliphatic heterocycles. The number of nitrogens with one attached hydrogen (secondary N) is 2. The molecule has 1 saturated carbocycles. The lowest BCUT2D eigenvalue weighted by Crippen LogP contribution is -2.43. The Labute approximate surface area is 145 Å². The molecule has 1 aromatic carbocycles. The van der Waals surface area contributed by atoms with Gasteiger partial charge in [0.2, 0.25) is 0 Å². The highest BCUT2D eigenvalue weighted by Gasteiger charge is 2.24. The summed E-state index contributed by atoms with van der Waals surface area (Å²) in [6.07, 6.45) is 5.41. The van der Waals surface area contributed by atoms with Gasteiger partial charge in [-0.05, 0) is 54.7 Å². The summed E-state index contributed by atoms with van der Waals surface area (Å²) < 4.78 is 0. The fourth-order valence-electron chi connectivity index (χ4n) is 3.21. The van der Waals surface area contributed by atoms with Crippen LogP contribution in [0.3, 0.4) is 0 Å². The monoisotopic (exact) mass is 330 g/mol. The van der Waals surface area contributed by atoms with Crippen LogP contribution >= 0.6 is 0 Å². The quantitative estimate of drug-likeness (QED) is 0.823. The number of carbonyl (C=O) groups is 2. The van der Waals surface area contributed by atoms with Crippen LogP contribution < -0.4 is 10.6 Å². The molecular formula is C20H30N2O2. The molecule has 2 N–H and O–H groups in total. The van der Waals surface area contributed by atoms with Gasteiger partial charge in [-0.2, -0.15) is 0 Å². The second-order valence-corrected chi connectivity index (χ2v) is 7.88. The lowest BCUT2D eigenvalue weighted by Gasteiger charge is -2.28. The molecule has 0 saturated heterocycles. The first kappa shape index (κ1) is 18.5. The van der Waals surface area contributed by atoms with E-state index in [1.54, 1.807) is 0 Å². The molecule has 1 aliphatic rings. The molecule has 2 amide bonds. The average Bonchev–Trinajstić information content (AvgIpc) is 2.55. The zero-order valence-electron chi connectivity index (χ0n) is 15.3. The highest BCUT2D eigenvalue weighted by atomic mass is 16.2. The van der Waals surface area contributed by atoms with Crippen molar-refractivity contribution >= 4 is 17.5 Å². The molecule has 132 valence electrons. The van der Waals surface area contributed by atoms with Gasteiger partial charge in [-0.1, -0.05) is 46.2 Å². The molecule has 2 rings (SSSR count). The van der Waals surface area contributed by atoms with Gasteiger partial charge in [-0.3, -0.25) is 9.59 Å². The smallest absolute Gasteiger partial charge is 0.313 e. The lowest BCUT2D eigenvalue weighted by molar-refractivity contribution is -0.136. The molecule has 24 heavy (non-hydrogen) atoms. The van der Waals surface area contributed by atoms with Crippen molar-refractivity contribution in [3.05, 3.63) is 29.8 Å². The second-order valence-electron chi connectivity index (χ2n) is 7.88. The van der Waals surface area contributed by atoms with Crippen LogP contribution in [0.15, 0.2) is 24.3 Å². The van der Waals surface area contributed by atoms with Crippen LogP contribution in [0.5, 0.6) is 0 Å². The topological polar surface area (TPSA) is 58.2 Å². The van der Waals surface area contributed by atoms with Crippen molar-refractivity contribution in [1.82, 2.24) is 5.32 Å². The number of amides is 2. The van der Waals surface area contributed by atoms with Crippen LogP contribution in [0.1, 0.15) is 65.4 Å². The van der Waals surface area contributed by atoms with Crippen molar-refractivity contribution in [2.75, 3.05) is 5.32 Å². The van der Waals surface area contributed by atoms with Gasteiger partial charge in [-0.15, -0.1) is 0 Å². The van der Waals surface area contributed by atoms with Gasteiger partial charge in [0.05, 0.1) is 0 Å². The summed E-state index contributed by atoms with van der Waals surface area (Å²) in [4.78, 5) is 24.1.